The molecular formula is C22H25F6N3O6S. The van der Waals surface area contributed by atoms with Crippen molar-refractivity contribution >= 4 is 23.3 Å². The van der Waals surface area contributed by atoms with Gasteiger partial charge in [-0.2, -0.15) is 26.3 Å². The van der Waals surface area contributed by atoms with Crippen molar-refractivity contribution in [3.63, 3.8) is 0 Å². The van der Waals surface area contributed by atoms with Crippen LogP contribution in [0.15, 0.2) is 29.9 Å². The molecular weight excluding hydrogens is 548 g/mol. The Balaban J connectivity index is 0.000000301. The number of carboxylic acids is 2. The van der Waals surface area contributed by atoms with Gasteiger partial charge in [0.05, 0.1) is 42.3 Å². The van der Waals surface area contributed by atoms with Crippen molar-refractivity contribution in [2.24, 2.45) is 0 Å². The quantitative estimate of drug-likeness (QED) is 0.510. The zero-order valence-corrected chi connectivity index (χ0v) is 20.7. The van der Waals surface area contributed by atoms with Gasteiger partial charge in [-0.3, -0.25) is 9.88 Å². The third kappa shape index (κ3) is 9.81. The number of ether oxygens (including phenoxy) is 2. The van der Waals surface area contributed by atoms with E-state index in [1.54, 1.807) is 11.3 Å². The molecule has 0 spiro atoms. The summed E-state index contributed by atoms with van der Waals surface area (Å²) in [6.45, 7) is 5.41. The minimum Gasteiger partial charge on any atom is -0.475 e. The Bertz CT molecular complexity index is 1010. The zero-order chi connectivity index (χ0) is 28.5. The molecule has 0 amide bonds. The van der Waals surface area contributed by atoms with Crippen molar-refractivity contribution in [2.45, 2.75) is 63.5 Å². The number of hydrogen-bond acceptors (Lipinski definition) is 8. The molecule has 0 aromatic carbocycles. The highest BCUT2D eigenvalue weighted by molar-refractivity contribution is 7.09. The van der Waals surface area contributed by atoms with Gasteiger partial charge < -0.3 is 19.7 Å². The van der Waals surface area contributed by atoms with Crippen LogP contribution in [-0.2, 0) is 32.2 Å². The highest BCUT2D eigenvalue weighted by Gasteiger charge is 2.43. The van der Waals surface area contributed by atoms with Gasteiger partial charge in [0.25, 0.3) is 0 Å². The standard InChI is InChI=1S/C18H23N3O2S.2C2HF3O2/c1-13-17(24-12-20-13)10-21-8-9-22-18-15(21)5-6-16(18)23-11-14-4-2-3-7-19-14;2*3-2(4,5)1(6)7/h2-4,7,12,15-16,18H,5-6,8-11H2,1H3;2*(H,6,7)/t15-,16+,18+;;/m0../s1. The summed E-state index contributed by atoms with van der Waals surface area (Å²) in [5.74, 6) is -5.51. The Kier molecular flexibility index (Phi) is 11.4. The van der Waals surface area contributed by atoms with E-state index >= 15 is 0 Å². The average Bonchev–Trinajstić information content (AvgIpc) is 3.44. The number of carboxylic acid groups (broad SMARTS) is 2. The summed E-state index contributed by atoms with van der Waals surface area (Å²) in [5, 5.41) is 14.2. The largest absolute Gasteiger partial charge is 0.490 e. The van der Waals surface area contributed by atoms with Crippen molar-refractivity contribution in [2.75, 3.05) is 13.2 Å². The van der Waals surface area contributed by atoms with Crippen LogP contribution in [0.5, 0.6) is 0 Å². The van der Waals surface area contributed by atoms with E-state index in [4.69, 9.17) is 29.3 Å². The number of aryl methyl sites for hydroxylation is 1. The Morgan fingerprint density at radius 1 is 1.11 bits per heavy atom. The minimum atomic E-state index is -5.08. The summed E-state index contributed by atoms with van der Waals surface area (Å²) in [5.41, 5.74) is 4.08. The molecule has 0 unspecified atom stereocenters. The third-order valence-corrected chi connectivity index (χ3v) is 6.42. The molecule has 2 aliphatic rings. The molecule has 212 valence electrons. The molecule has 1 aliphatic carbocycles. The van der Waals surface area contributed by atoms with Gasteiger partial charge in [0.2, 0.25) is 0 Å². The molecule has 2 aromatic rings. The molecule has 3 heterocycles. The number of fused-ring (bicyclic) bond motifs is 1. The Labute approximate surface area is 217 Å². The molecule has 2 aromatic heterocycles. The first-order valence-corrected chi connectivity index (χ1v) is 11.9. The summed E-state index contributed by atoms with van der Waals surface area (Å²) in [6, 6.07) is 6.39. The monoisotopic (exact) mass is 573 g/mol. The number of alkyl halides is 6. The first-order chi connectivity index (χ1) is 17.7. The van der Waals surface area contributed by atoms with Gasteiger partial charge in [-0.1, -0.05) is 6.07 Å². The maximum absolute atomic E-state index is 10.6. The average molecular weight is 574 g/mol. The number of hydrogen-bond donors (Lipinski definition) is 2. The fourth-order valence-electron chi connectivity index (χ4n) is 3.70. The number of rotatable bonds is 5. The van der Waals surface area contributed by atoms with Gasteiger partial charge in [0, 0.05) is 30.2 Å². The van der Waals surface area contributed by atoms with Crippen molar-refractivity contribution in [1.82, 2.24) is 14.9 Å². The summed E-state index contributed by atoms with van der Waals surface area (Å²) in [4.78, 5) is 30.4. The lowest BCUT2D eigenvalue weighted by molar-refractivity contribution is -0.193. The van der Waals surface area contributed by atoms with Crippen LogP contribution in [0.25, 0.3) is 0 Å². The lowest BCUT2D eigenvalue weighted by Crippen LogP contribution is -2.51. The zero-order valence-electron chi connectivity index (χ0n) is 19.9. The second-order valence-corrected chi connectivity index (χ2v) is 9.03. The van der Waals surface area contributed by atoms with Gasteiger partial charge in [0.15, 0.2) is 0 Å². The lowest BCUT2D eigenvalue weighted by Gasteiger charge is -2.38. The van der Waals surface area contributed by atoms with Crippen LogP contribution < -0.4 is 0 Å². The van der Waals surface area contributed by atoms with Crippen LogP contribution in [0.4, 0.5) is 26.3 Å². The summed E-state index contributed by atoms with van der Waals surface area (Å²) < 4.78 is 75.7. The van der Waals surface area contributed by atoms with Crippen LogP contribution in [0.2, 0.25) is 0 Å². The van der Waals surface area contributed by atoms with E-state index < -0.39 is 24.3 Å². The van der Waals surface area contributed by atoms with E-state index in [1.807, 2.05) is 29.9 Å². The minimum absolute atomic E-state index is 0.169. The fraction of sp³-hybridized carbons (Fsp3) is 0.545. The number of aliphatic carboxylic acids is 2. The van der Waals surface area contributed by atoms with Gasteiger partial charge in [-0.25, -0.2) is 14.6 Å². The smallest absolute Gasteiger partial charge is 0.475 e. The number of aromatic nitrogens is 2. The van der Waals surface area contributed by atoms with E-state index in [-0.39, 0.29) is 12.2 Å². The van der Waals surface area contributed by atoms with Crippen molar-refractivity contribution in [1.29, 1.82) is 0 Å². The first-order valence-electron chi connectivity index (χ1n) is 11.1. The van der Waals surface area contributed by atoms with E-state index in [0.717, 1.165) is 43.9 Å². The van der Waals surface area contributed by atoms with Gasteiger partial charge in [-0.15, -0.1) is 11.3 Å². The predicted molar refractivity (Wildman–Crippen MR) is 120 cm³/mol. The van der Waals surface area contributed by atoms with Crippen LogP contribution in [-0.4, -0.2) is 80.8 Å². The summed E-state index contributed by atoms with van der Waals surface area (Å²) in [6.07, 6.45) is -5.82. The number of carbonyl (C=O) groups is 2. The Morgan fingerprint density at radius 3 is 2.24 bits per heavy atom. The molecule has 1 aliphatic heterocycles. The van der Waals surface area contributed by atoms with Gasteiger partial charge in [-0.05, 0) is 31.9 Å². The van der Waals surface area contributed by atoms with Crippen molar-refractivity contribution in [3.05, 3.63) is 46.2 Å². The maximum atomic E-state index is 10.6. The third-order valence-electron chi connectivity index (χ3n) is 5.50. The Morgan fingerprint density at radius 2 is 1.74 bits per heavy atom. The van der Waals surface area contributed by atoms with Crippen LogP contribution in [0, 0.1) is 6.92 Å². The normalized spacial score (nSPS) is 21.4. The first kappa shape index (κ1) is 31.4. The summed E-state index contributed by atoms with van der Waals surface area (Å²) in [7, 11) is 0. The van der Waals surface area contributed by atoms with Crippen LogP contribution >= 0.6 is 11.3 Å². The number of thiazole rings is 1. The highest BCUT2D eigenvalue weighted by atomic mass is 32.1. The number of morpholine rings is 1. The van der Waals surface area contributed by atoms with E-state index in [2.05, 4.69) is 21.8 Å². The van der Waals surface area contributed by atoms with Gasteiger partial charge >= 0.3 is 24.3 Å². The predicted octanol–water partition coefficient (Wildman–Crippen LogP) is 4.06. The second-order valence-electron chi connectivity index (χ2n) is 8.09. The summed E-state index contributed by atoms with van der Waals surface area (Å²) >= 11 is 1.75. The molecule has 1 saturated heterocycles. The van der Waals surface area contributed by atoms with E-state index in [0.29, 0.717) is 12.6 Å². The topological polar surface area (TPSA) is 122 Å². The molecule has 1 saturated carbocycles. The van der Waals surface area contributed by atoms with Crippen LogP contribution in [0.3, 0.4) is 0 Å². The van der Waals surface area contributed by atoms with E-state index in [9.17, 15) is 26.3 Å². The molecule has 38 heavy (non-hydrogen) atoms. The van der Waals surface area contributed by atoms with E-state index in [1.165, 1.54) is 4.88 Å². The molecule has 0 bridgehead atoms. The van der Waals surface area contributed by atoms with Crippen LogP contribution in [0.1, 0.15) is 29.1 Å². The molecule has 2 N–H and O–H groups in total. The van der Waals surface area contributed by atoms with Gasteiger partial charge in [0.1, 0.15) is 0 Å². The molecule has 16 heteroatoms. The number of nitrogens with zero attached hydrogens (tertiary/aromatic N) is 3. The molecule has 4 rings (SSSR count). The molecule has 0 radical (unpaired) electrons. The Hall–Kier alpha value is -2.82. The van der Waals surface area contributed by atoms with Crippen molar-refractivity contribution < 1.29 is 55.6 Å². The SMILES string of the molecule is Cc1ncsc1CN1CCO[C@H]2[C@H](OCc3ccccn3)CC[C@@H]21.O=C(O)C(F)(F)F.O=C(O)C(F)(F)F. The maximum Gasteiger partial charge on any atom is 0.490 e. The number of pyridine rings is 1. The number of halogens is 6. The van der Waals surface area contributed by atoms with Crippen molar-refractivity contribution in [3.8, 4) is 0 Å². The molecule has 2 fully saturated rings. The molecule has 9 nitrogen and oxygen atoms in total. The fourth-order valence-corrected chi connectivity index (χ4v) is 4.51. The molecule has 3 atom stereocenters. The lowest BCUT2D eigenvalue weighted by atomic mass is 10.1. The second kappa shape index (κ2) is 13.8. The highest BCUT2D eigenvalue weighted by Crippen LogP contribution is 2.34.